The lowest BCUT2D eigenvalue weighted by atomic mass is 10.2. The standard InChI is InChI=1S/C24H27N3O3S/c1-19-9-15-23(16-10-19)31(29,30)27(3)22-13-11-20(12-14-22)24(28)25-17-18-26(2)21-7-5-4-6-8-21/h4-16H,17-18H2,1-3H3,(H,25,28). The first-order valence-corrected chi connectivity index (χ1v) is 11.4. The third kappa shape index (κ3) is 5.44. The maximum absolute atomic E-state index is 12.8. The Morgan fingerprint density at radius 3 is 2.06 bits per heavy atom. The second kappa shape index (κ2) is 9.66. The van der Waals surface area contributed by atoms with E-state index in [2.05, 4.69) is 10.2 Å². The molecule has 0 unspecified atom stereocenters. The fourth-order valence-corrected chi connectivity index (χ4v) is 4.28. The fraction of sp³-hybridized carbons (Fsp3) is 0.208. The number of hydrogen-bond donors (Lipinski definition) is 1. The normalized spacial score (nSPS) is 11.1. The van der Waals surface area contributed by atoms with Gasteiger partial charge in [-0.15, -0.1) is 0 Å². The van der Waals surface area contributed by atoms with Crippen molar-refractivity contribution in [2.45, 2.75) is 11.8 Å². The number of benzene rings is 3. The highest BCUT2D eigenvalue weighted by Crippen LogP contribution is 2.22. The molecule has 0 saturated heterocycles. The van der Waals surface area contributed by atoms with Crippen molar-refractivity contribution in [1.82, 2.24) is 5.32 Å². The number of nitrogens with zero attached hydrogens (tertiary/aromatic N) is 2. The summed E-state index contributed by atoms with van der Waals surface area (Å²) in [4.78, 5) is 14.7. The number of carbonyl (C=O) groups is 1. The molecule has 0 atom stereocenters. The van der Waals surface area contributed by atoms with E-state index < -0.39 is 10.0 Å². The third-order valence-corrected chi connectivity index (χ3v) is 6.90. The van der Waals surface area contributed by atoms with E-state index in [1.54, 1.807) is 48.5 Å². The molecule has 0 aliphatic rings. The molecule has 0 bridgehead atoms. The van der Waals surface area contributed by atoms with Crippen molar-refractivity contribution in [3.8, 4) is 0 Å². The van der Waals surface area contributed by atoms with E-state index in [4.69, 9.17) is 0 Å². The Kier molecular flexibility index (Phi) is 6.97. The van der Waals surface area contributed by atoms with Crippen molar-refractivity contribution in [3.63, 3.8) is 0 Å². The van der Waals surface area contributed by atoms with E-state index in [1.807, 2.05) is 44.3 Å². The monoisotopic (exact) mass is 437 g/mol. The Labute approximate surface area is 184 Å². The molecule has 3 aromatic carbocycles. The first kappa shape index (κ1) is 22.4. The van der Waals surface area contributed by atoms with Crippen molar-refractivity contribution < 1.29 is 13.2 Å². The molecule has 0 fully saturated rings. The van der Waals surface area contributed by atoms with Gasteiger partial charge in [-0.1, -0.05) is 35.9 Å². The van der Waals surface area contributed by atoms with Crippen LogP contribution in [-0.2, 0) is 10.0 Å². The van der Waals surface area contributed by atoms with Crippen LogP contribution in [0.3, 0.4) is 0 Å². The smallest absolute Gasteiger partial charge is 0.264 e. The quantitative estimate of drug-likeness (QED) is 0.584. The number of amides is 1. The molecule has 0 aliphatic carbocycles. The average Bonchev–Trinajstić information content (AvgIpc) is 2.79. The summed E-state index contributed by atoms with van der Waals surface area (Å²) in [5.74, 6) is -0.197. The minimum Gasteiger partial charge on any atom is -0.373 e. The predicted molar refractivity (Wildman–Crippen MR) is 125 cm³/mol. The molecular weight excluding hydrogens is 410 g/mol. The zero-order valence-electron chi connectivity index (χ0n) is 17.9. The van der Waals surface area contributed by atoms with E-state index in [-0.39, 0.29) is 10.8 Å². The number of likely N-dealkylation sites (N-methyl/N-ethyl adjacent to an activating group) is 1. The van der Waals surface area contributed by atoms with Crippen LogP contribution in [0.5, 0.6) is 0 Å². The van der Waals surface area contributed by atoms with Gasteiger partial charge in [0.05, 0.1) is 10.6 Å². The Morgan fingerprint density at radius 2 is 1.45 bits per heavy atom. The zero-order valence-corrected chi connectivity index (χ0v) is 18.8. The summed E-state index contributed by atoms with van der Waals surface area (Å²) in [7, 11) is -0.188. The largest absolute Gasteiger partial charge is 0.373 e. The molecule has 0 radical (unpaired) electrons. The highest BCUT2D eigenvalue weighted by molar-refractivity contribution is 7.92. The van der Waals surface area contributed by atoms with Gasteiger partial charge in [0.1, 0.15) is 0 Å². The molecule has 0 aliphatic heterocycles. The molecule has 1 amide bonds. The maximum Gasteiger partial charge on any atom is 0.264 e. The number of para-hydroxylation sites is 1. The van der Waals surface area contributed by atoms with Gasteiger partial charge in [0.2, 0.25) is 0 Å². The summed E-state index contributed by atoms with van der Waals surface area (Å²) in [5.41, 5.74) is 3.04. The molecule has 3 rings (SSSR count). The van der Waals surface area contributed by atoms with Gasteiger partial charge in [-0.25, -0.2) is 8.42 Å². The second-order valence-electron chi connectivity index (χ2n) is 7.35. The number of nitrogens with one attached hydrogen (secondary N) is 1. The molecule has 0 spiro atoms. The predicted octanol–water partition coefficient (Wildman–Crippen LogP) is 3.69. The van der Waals surface area contributed by atoms with Crippen LogP contribution in [-0.4, -0.2) is 41.5 Å². The van der Waals surface area contributed by atoms with Gasteiger partial charge in [-0.3, -0.25) is 9.10 Å². The molecule has 31 heavy (non-hydrogen) atoms. The van der Waals surface area contributed by atoms with Crippen molar-refractivity contribution in [2.24, 2.45) is 0 Å². The van der Waals surface area contributed by atoms with Gasteiger partial charge in [0.25, 0.3) is 15.9 Å². The molecule has 3 aromatic rings. The third-order valence-electron chi connectivity index (χ3n) is 5.10. The van der Waals surface area contributed by atoms with Gasteiger partial charge in [0, 0.05) is 38.4 Å². The van der Waals surface area contributed by atoms with E-state index in [0.29, 0.717) is 24.3 Å². The first-order chi connectivity index (χ1) is 14.8. The van der Waals surface area contributed by atoms with Gasteiger partial charge in [-0.2, -0.15) is 0 Å². The van der Waals surface area contributed by atoms with E-state index in [1.165, 1.54) is 11.4 Å². The van der Waals surface area contributed by atoms with E-state index in [9.17, 15) is 13.2 Å². The van der Waals surface area contributed by atoms with Crippen LogP contribution < -0.4 is 14.5 Å². The van der Waals surface area contributed by atoms with Crippen LogP contribution in [0.4, 0.5) is 11.4 Å². The van der Waals surface area contributed by atoms with Gasteiger partial charge >= 0.3 is 0 Å². The number of rotatable bonds is 8. The zero-order chi connectivity index (χ0) is 22.4. The van der Waals surface area contributed by atoms with Crippen LogP contribution in [0.15, 0.2) is 83.8 Å². The van der Waals surface area contributed by atoms with Crippen molar-refractivity contribution in [2.75, 3.05) is 36.4 Å². The molecule has 7 heteroatoms. The summed E-state index contributed by atoms with van der Waals surface area (Å²) in [6.07, 6.45) is 0. The summed E-state index contributed by atoms with van der Waals surface area (Å²) in [5, 5.41) is 2.90. The molecule has 6 nitrogen and oxygen atoms in total. The first-order valence-electron chi connectivity index (χ1n) is 9.99. The van der Waals surface area contributed by atoms with Crippen molar-refractivity contribution >= 4 is 27.3 Å². The summed E-state index contributed by atoms with van der Waals surface area (Å²) in [6.45, 7) is 3.07. The van der Waals surface area contributed by atoms with Crippen LogP contribution in [0.1, 0.15) is 15.9 Å². The lowest BCUT2D eigenvalue weighted by Gasteiger charge is -2.20. The van der Waals surface area contributed by atoms with Gasteiger partial charge < -0.3 is 10.2 Å². The summed E-state index contributed by atoms with van der Waals surface area (Å²) < 4.78 is 26.9. The second-order valence-corrected chi connectivity index (χ2v) is 9.31. The van der Waals surface area contributed by atoms with E-state index in [0.717, 1.165) is 11.3 Å². The average molecular weight is 438 g/mol. The molecule has 0 aromatic heterocycles. The number of hydrogen-bond acceptors (Lipinski definition) is 4. The Bertz CT molecular complexity index is 1110. The number of carbonyl (C=O) groups excluding carboxylic acids is 1. The Morgan fingerprint density at radius 1 is 0.839 bits per heavy atom. The molecule has 0 saturated carbocycles. The molecule has 0 heterocycles. The van der Waals surface area contributed by atoms with Gasteiger partial charge in [-0.05, 0) is 55.5 Å². The van der Waals surface area contributed by atoms with Crippen molar-refractivity contribution in [3.05, 3.63) is 90.0 Å². The lowest BCUT2D eigenvalue weighted by Crippen LogP contribution is -2.33. The van der Waals surface area contributed by atoms with Crippen LogP contribution in [0, 0.1) is 6.92 Å². The molecule has 1 N–H and O–H groups in total. The minimum absolute atomic E-state index is 0.197. The lowest BCUT2D eigenvalue weighted by molar-refractivity contribution is 0.0954. The number of sulfonamides is 1. The highest BCUT2D eigenvalue weighted by atomic mass is 32.2. The number of anilines is 2. The Hall–Kier alpha value is -3.32. The maximum atomic E-state index is 12.8. The summed E-state index contributed by atoms with van der Waals surface area (Å²) >= 11 is 0. The van der Waals surface area contributed by atoms with Crippen molar-refractivity contribution in [1.29, 1.82) is 0 Å². The Balaban J connectivity index is 1.60. The van der Waals surface area contributed by atoms with Crippen LogP contribution >= 0.6 is 0 Å². The topological polar surface area (TPSA) is 69.7 Å². The molecular formula is C24H27N3O3S. The summed E-state index contributed by atoms with van der Waals surface area (Å²) in [6, 6.07) is 23.2. The van der Waals surface area contributed by atoms with Crippen LogP contribution in [0.25, 0.3) is 0 Å². The minimum atomic E-state index is -3.66. The van der Waals surface area contributed by atoms with E-state index >= 15 is 0 Å². The number of aryl methyl sites for hydroxylation is 1. The fourth-order valence-electron chi connectivity index (χ4n) is 3.08. The molecule has 162 valence electrons. The SMILES string of the molecule is Cc1ccc(S(=O)(=O)N(C)c2ccc(C(=O)NCCN(C)c3ccccc3)cc2)cc1. The van der Waals surface area contributed by atoms with Crippen LogP contribution in [0.2, 0.25) is 0 Å². The highest BCUT2D eigenvalue weighted by Gasteiger charge is 2.21. The van der Waals surface area contributed by atoms with Gasteiger partial charge in [0.15, 0.2) is 0 Å².